The van der Waals surface area contributed by atoms with Crippen LogP contribution in [0.25, 0.3) is 55.0 Å². The summed E-state index contributed by atoms with van der Waals surface area (Å²) in [5.74, 6) is 0.634. The highest BCUT2D eigenvalue weighted by molar-refractivity contribution is 6.07. The van der Waals surface area contributed by atoms with Gasteiger partial charge in [0.25, 0.3) is 0 Å². The molecule has 134 valence electrons. The molecule has 0 bridgehead atoms. The molecule has 0 unspecified atom stereocenters. The Hall–Kier alpha value is -3.66. The molecule has 4 heteroatoms. The number of benzene rings is 4. The first-order valence-electron chi connectivity index (χ1n) is 8.90. The summed E-state index contributed by atoms with van der Waals surface area (Å²) in [5.41, 5.74) is 1.39. The van der Waals surface area contributed by atoms with Gasteiger partial charge < -0.3 is 8.83 Å². The van der Waals surface area contributed by atoms with E-state index in [1.807, 2.05) is 36.4 Å². The van der Waals surface area contributed by atoms with E-state index >= 15 is 0 Å². The van der Waals surface area contributed by atoms with Crippen LogP contribution in [0, 0.1) is 11.6 Å². The zero-order chi connectivity index (χ0) is 18.8. The van der Waals surface area contributed by atoms with Crippen molar-refractivity contribution in [2.24, 2.45) is 0 Å². The maximum Gasteiger partial charge on any atom is 0.170 e. The van der Waals surface area contributed by atoms with Gasteiger partial charge in [-0.15, -0.1) is 0 Å². The predicted octanol–water partition coefficient (Wildman–Crippen LogP) is 7.43. The third-order valence-electron chi connectivity index (χ3n) is 5.17. The summed E-state index contributed by atoms with van der Waals surface area (Å²) in [6.45, 7) is 0. The van der Waals surface area contributed by atoms with E-state index in [2.05, 4.69) is 0 Å². The summed E-state index contributed by atoms with van der Waals surface area (Å²) >= 11 is 0. The minimum absolute atomic E-state index is 0.278. The summed E-state index contributed by atoms with van der Waals surface area (Å²) in [6.07, 6.45) is 0. The van der Waals surface area contributed by atoms with Crippen molar-refractivity contribution in [3.05, 3.63) is 84.4 Å². The molecule has 4 aromatic carbocycles. The van der Waals surface area contributed by atoms with Crippen LogP contribution in [0.5, 0.6) is 0 Å². The van der Waals surface area contributed by atoms with E-state index in [1.54, 1.807) is 12.1 Å². The lowest BCUT2D eigenvalue weighted by atomic mass is 10.1. The van der Waals surface area contributed by atoms with Crippen molar-refractivity contribution >= 4 is 43.5 Å². The largest absolute Gasteiger partial charge is 0.452 e. The first-order valence-corrected chi connectivity index (χ1v) is 8.90. The molecule has 0 aliphatic carbocycles. The highest BCUT2D eigenvalue weighted by atomic mass is 19.1. The van der Waals surface area contributed by atoms with E-state index in [0.717, 1.165) is 32.3 Å². The predicted molar refractivity (Wildman–Crippen MR) is 106 cm³/mol. The molecular formula is C24H12F2O2. The maximum atomic E-state index is 13.5. The highest BCUT2D eigenvalue weighted by Crippen LogP contribution is 2.37. The van der Waals surface area contributed by atoms with E-state index in [9.17, 15) is 8.78 Å². The molecule has 0 spiro atoms. The summed E-state index contributed by atoms with van der Waals surface area (Å²) < 4.78 is 39.2. The molecule has 0 saturated heterocycles. The number of hydrogen-bond acceptors (Lipinski definition) is 2. The second-order valence-electron chi connectivity index (χ2n) is 6.92. The van der Waals surface area contributed by atoms with Crippen LogP contribution in [0.3, 0.4) is 0 Å². The number of halogens is 2. The van der Waals surface area contributed by atoms with Crippen molar-refractivity contribution in [2.45, 2.75) is 0 Å². The first kappa shape index (κ1) is 15.4. The van der Waals surface area contributed by atoms with Crippen molar-refractivity contribution in [2.75, 3.05) is 0 Å². The average molecular weight is 370 g/mol. The summed E-state index contributed by atoms with van der Waals surface area (Å²) in [4.78, 5) is 0. The molecule has 0 radical (unpaired) electrons. The van der Waals surface area contributed by atoms with Crippen molar-refractivity contribution in [3.63, 3.8) is 0 Å². The van der Waals surface area contributed by atoms with Crippen LogP contribution in [0.15, 0.2) is 81.6 Å². The van der Waals surface area contributed by atoms with Gasteiger partial charge in [0.05, 0.1) is 0 Å². The fourth-order valence-corrected chi connectivity index (χ4v) is 3.84. The molecule has 28 heavy (non-hydrogen) atoms. The van der Waals surface area contributed by atoms with Gasteiger partial charge in [-0.1, -0.05) is 24.3 Å². The lowest BCUT2D eigenvalue weighted by Gasteiger charge is -1.98. The lowest BCUT2D eigenvalue weighted by Crippen LogP contribution is -1.76. The lowest BCUT2D eigenvalue weighted by molar-refractivity contribution is 0.572. The fraction of sp³-hybridized carbons (Fsp3) is 0. The van der Waals surface area contributed by atoms with Crippen molar-refractivity contribution in [1.82, 2.24) is 0 Å². The van der Waals surface area contributed by atoms with Gasteiger partial charge in [-0.3, -0.25) is 0 Å². The molecule has 2 heterocycles. The molecule has 0 N–H and O–H groups in total. The Morgan fingerprint density at radius 2 is 0.893 bits per heavy atom. The standard InChI is InChI=1S/C24H12F2O2/c25-17-5-7-19-13(9-17)1-3-15-11-21(27-23(15)19)22-12-16-4-2-14-10-18(26)6-8-20(14)24(16)28-22/h1-12H. The molecule has 0 fully saturated rings. The fourth-order valence-electron chi connectivity index (χ4n) is 3.84. The molecule has 2 aromatic heterocycles. The van der Waals surface area contributed by atoms with Crippen LogP contribution in [-0.2, 0) is 0 Å². The molecule has 2 nitrogen and oxygen atoms in total. The molecule has 0 aliphatic heterocycles. The van der Waals surface area contributed by atoms with E-state index in [0.29, 0.717) is 22.7 Å². The average Bonchev–Trinajstić information content (AvgIpc) is 3.31. The van der Waals surface area contributed by atoms with Gasteiger partial charge in [-0.05, 0) is 59.3 Å². The van der Waals surface area contributed by atoms with Crippen LogP contribution in [0.4, 0.5) is 8.78 Å². The van der Waals surface area contributed by atoms with E-state index in [1.165, 1.54) is 24.3 Å². The van der Waals surface area contributed by atoms with Crippen LogP contribution in [-0.4, -0.2) is 0 Å². The monoisotopic (exact) mass is 370 g/mol. The van der Waals surface area contributed by atoms with Gasteiger partial charge >= 0.3 is 0 Å². The van der Waals surface area contributed by atoms with Crippen molar-refractivity contribution in [3.8, 4) is 11.5 Å². The molecule has 0 saturated carbocycles. The molecule has 6 rings (SSSR count). The third-order valence-corrected chi connectivity index (χ3v) is 5.17. The van der Waals surface area contributed by atoms with Crippen LogP contribution in [0.1, 0.15) is 0 Å². The SMILES string of the molecule is Fc1ccc2c(ccc3cc(-c4cc5ccc6cc(F)ccc6c5o4)oc32)c1. The zero-order valence-electron chi connectivity index (χ0n) is 14.5. The number of furan rings is 2. The van der Waals surface area contributed by atoms with Crippen LogP contribution >= 0.6 is 0 Å². The van der Waals surface area contributed by atoms with Crippen LogP contribution in [0.2, 0.25) is 0 Å². The van der Waals surface area contributed by atoms with Gasteiger partial charge in [0.2, 0.25) is 0 Å². The minimum Gasteiger partial charge on any atom is -0.452 e. The first-order chi connectivity index (χ1) is 13.7. The summed E-state index contributed by atoms with van der Waals surface area (Å²) in [6, 6.07) is 20.7. The molecule has 0 amide bonds. The van der Waals surface area contributed by atoms with Gasteiger partial charge in [0, 0.05) is 21.5 Å². The zero-order valence-corrected chi connectivity index (χ0v) is 14.5. The van der Waals surface area contributed by atoms with E-state index in [-0.39, 0.29) is 11.6 Å². The topological polar surface area (TPSA) is 26.3 Å². The summed E-state index contributed by atoms with van der Waals surface area (Å²) in [7, 11) is 0. The van der Waals surface area contributed by atoms with Gasteiger partial charge in [0.15, 0.2) is 11.5 Å². The number of hydrogen-bond donors (Lipinski definition) is 0. The van der Waals surface area contributed by atoms with Gasteiger partial charge in [0.1, 0.15) is 22.8 Å². The second-order valence-corrected chi connectivity index (χ2v) is 6.92. The normalized spacial score (nSPS) is 11.9. The Balaban J connectivity index is 1.59. The second kappa shape index (κ2) is 5.42. The Bertz CT molecular complexity index is 1420. The minimum atomic E-state index is -0.278. The number of fused-ring (bicyclic) bond motifs is 6. The van der Waals surface area contributed by atoms with E-state index in [4.69, 9.17) is 8.83 Å². The Morgan fingerprint density at radius 3 is 1.36 bits per heavy atom. The number of rotatable bonds is 1. The third kappa shape index (κ3) is 2.18. The Kier molecular flexibility index (Phi) is 2.98. The highest BCUT2D eigenvalue weighted by Gasteiger charge is 2.15. The summed E-state index contributed by atoms with van der Waals surface area (Å²) in [5, 5.41) is 5.10. The maximum absolute atomic E-state index is 13.5. The molecule has 0 aliphatic rings. The molecule has 6 aromatic rings. The van der Waals surface area contributed by atoms with Gasteiger partial charge in [-0.25, -0.2) is 8.78 Å². The Morgan fingerprint density at radius 1 is 0.464 bits per heavy atom. The molecule has 0 atom stereocenters. The van der Waals surface area contributed by atoms with E-state index < -0.39 is 0 Å². The van der Waals surface area contributed by atoms with Crippen molar-refractivity contribution < 1.29 is 17.6 Å². The van der Waals surface area contributed by atoms with Crippen molar-refractivity contribution in [1.29, 1.82) is 0 Å². The van der Waals surface area contributed by atoms with Gasteiger partial charge in [-0.2, -0.15) is 0 Å². The molecular weight excluding hydrogens is 358 g/mol. The quantitative estimate of drug-likeness (QED) is 0.301. The smallest absolute Gasteiger partial charge is 0.170 e. The van der Waals surface area contributed by atoms with Crippen LogP contribution < -0.4 is 0 Å². The Labute approximate surface area is 157 Å².